The van der Waals surface area contributed by atoms with E-state index in [1.165, 1.54) is 5.56 Å². The quantitative estimate of drug-likeness (QED) is 0.652. The highest BCUT2D eigenvalue weighted by molar-refractivity contribution is 5.96. The Balaban J connectivity index is 1.87. The number of nitrogens with zero attached hydrogens (tertiary/aromatic N) is 1. The molecule has 0 spiro atoms. The molecule has 0 saturated carbocycles. The molecule has 0 bridgehead atoms. The lowest BCUT2D eigenvalue weighted by atomic mass is 10.1. The van der Waals surface area contributed by atoms with Gasteiger partial charge in [0.25, 0.3) is 5.91 Å². The van der Waals surface area contributed by atoms with Crippen LogP contribution in [0.25, 0.3) is 0 Å². The van der Waals surface area contributed by atoms with Crippen molar-refractivity contribution >= 4 is 11.6 Å². The predicted octanol–water partition coefficient (Wildman–Crippen LogP) is 3.74. The average molecular weight is 310 g/mol. The van der Waals surface area contributed by atoms with E-state index in [9.17, 15) is 4.79 Å². The number of hydrogen-bond donors (Lipinski definition) is 1. The summed E-state index contributed by atoms with van der Waals surface area (Å²) < 4.78 is 5.14. The first-order chi connectivity index (χ1) is 11.1. The van der Waals surface area contributed by atoms with Crippen LogP contribution in [0.4, 0.5) is 0 Å². The molecule has 0 aliphatic carbocycles. The van der Waals surface area contributed by atoms with Crippen LogP contribution in [0.15, 0.2) is 53.6 Å². The van der Waals surface area contributed by atoms with Gasteiger partial charge in [-0.05, 0) is 56.0 Å². The van der Waals surface area contributed by atoms with Crippen LogP contribution in [-0.2, 0) is 6.42 Å². The third-order valence-corrected chi connectivity index (χ3v) is 3.67. The summed E-state index contributed by atoms with van der Waals surface area (Å²) in [6.07, 6.45) is 1.67. The Labute approximate surface area is 137 Å². The van der Waals surface area contributed by atoms with Crippen LogP contribution in [-0.4, -0.2) is 18.7 Å². The second-order valence-electron chi connectivity index (χ2n) is 5.45. The lowest BCUT2D eigenvalue weighted by molar-refractivity contribution is 0.0954. The summed E-state index contributed by atoms with van der Waals surface area (Å²) in [5.74, 6) is 0.677. The Morgan fingerprint density at radius 1 is 1.13 bits per heavy atom. The maximum absolute atomic E-state index is 12.1. The molecule has 0 unspecified atom stereocenters. The van der Waals surface area contributed by atoms with E-state index in [1.807, 2.05) is 56.3 Å². The average Bonchev–Trinajstić information content (AvgIpc) is 2.58. The fourth-order valence-corrected chi connectivity index (χ4v) is 2.21. The molecule has 120 valence electrons. The van der Waals surface area contributed by atoms with E-state index in [4.69, 9.17) is 4.74 Å². The maximum atomic E-state index is 12.1. The minimum absolute atomic E-state index is 0.174. The third-order valence-electron chi connectivity index (χ3n) is 3.67. The largest absolute Gasteiger partial charge is 0.497 e. The van der Waals surface area contributed by atoms with Gasteiger partial charge < -0.3 is 4.74 Å². The van der Waals surface area contributed by atoms with Crippen molar-refractivity contribution in [1.82, 2.24) is 5.43 Å². The molecule has 0 radical (unpaired) electrons. The molecule has 0 aliphatic rings. The second kappa shape index (κ2) is 8.13. The first kappa shape index (κ1) is 16.7. The zero-order valence-electron chi connectivity index (χ0n) is 13.8. The first-order valence-electron chi connectivity index (χ1n) is 7.62. The van der Waals surface area contributed by atoms with E-state index in [0.29, 0.717) is 5.56 Å². The fraction of sp³-hybridized carbons (Fsp3) is 0.263. The van der Waals surface area contributed by atoms with Crippen LogP contribution in [0, 0.1) is 6.92 Å². The van der Waals surface area contributed by atoms with Gasteiger partial charge in [0.2, 0.25) is 0 Å². The lowest BCUT2D eigenvalue weighted by Crippen LogP contribution is -2.20. The van der Waals surface area contributed by atoms with Crippen molar-refractivity contribution in [3.63, 3.8) is 0 Å². The number of rotatable bonds is 6. The van der Waals surface area contributed by atoms with Crippen molar-refractivity contribution in [2.45, 2.75) is 26.7 Å². The minimum Gasteiger partial charge on any atom is -0.497 e. The molecule has 0 aliphatic heterocycles. The number of aryl methyl sites for hydroxylation is 2. The Kier molecular flexibility index (Phi) is 5.92. The molecule has 0 aromatic heterocycles. The smallest absolute Gasteiger partial charge is 0.271 e. The first-order valence-corrected chi connectivity index (χ1v) is 7.62. The summed E-state index contributed by atoms with van der Waals surface area (Å²) in [7, 11) is 1.66. The summed E-state index contributed by atoms with van der Waals surface area (Å²) >= 11 is 0. The van der Waals surface area contributed by atoms with Gasteiger partial charge in [-0.1, -0.05) is 30.3 Å². The molecular formula is C19H22N2O2. The van der Waals surface area contributed by atoms with Crippen LogP contribution < -0.4 is 10.2 Å². The van der Waals surface area contributed by atoms with Crippen LogP contribution in [0.5, 0.6) is 5.75 Å². The normalized spacial score (nSPS) is 11.2. The number of carbonyl (C=O) groups is 1. The Morgan fingerprint density at radius 2 is 1.83 bits per heavy atom. The standard InChI is InChI=1S/C19H22N2O2/c1-14-6-4-5-7-18(14)19(22)21-20-15(2)8-9-16-10-12-17(23-3)13-11-16/h4-7,10-13H,8-9H2,1-3H3,(H,21,22)/b20-15-. The van der Waals surface area contributed by atoms with Gasteiger partial charge in [0.1, 0.15) is 5.75 Å². The van der Waals surface area contributed by atoms with Crippen molar-refractivity contribution in [3.05, 3.63) is 65.2 Å². The molecule has 4 heteroatoms. The number of carbonyl (C=O) groups excluding carboxylic acids is 1. The number of amides is 1. The molecule has 0 atom stereocenters. The number of ether oxygens (including phenoxy) is 1. The number of benzene rings is 2. The zero-order chi connectivity index (χ0) is 16.7. The Morgan fingerprint density at radius 3 is 2.48 bits per heavy atom. The summed E-state index contributed by atoms with van der Waals surface area (Å²) in [5, 5.41) is 4.18. The monoisotopic (exact) mass is 310 g/mol. The highest BCUT2D eigenvalue weighted by Gasteiger charge is 2.06. The van der Waals surface area contributed by atoms with Gasteiger partial charge in [-0.2, -0.15) is 5.10 Å². The minimum atomic E-state index is -0.174. The summed E-state index contributed by atoms with van der Waals surface area (Å²) in [4.78, 5) is 12.1. The second-order valence-corrected chi connectivity index (χ2v) is 5.45. The molecule has 0 heterocycles. The van der Waals surface area contributed by atoms with E-state index < -0.39 is 0 Å². The molecule has 4 nitrogen and oxygen atoms in total. The van der Waals surface area contributed by atoms with Gasteiger partial charge in [-0.3, -0.25) is 4.79 Å². The third kappa shape index (κ3) is 4.95. The molecular weight excluding hydrogens is 288 g/mol. The zero-order valence-corrected chi connectivity index (χ0v) is 13.8. The number of nitrogens with one attached hydrogen (secondary N) is 1. The van der Waals surface area contributed by atoms with Crippen molar-refractivity contribution in [2.75, 3.05) is 7.11 Å². The fourth-order valence-electron chi connectivity index (χ4n) is 2.21. The number of methoxy groups -OCH3 is 1. The van der Waals surface area contributed by atoms with Crippen LogP contribution in [0.3, 0.4) is 0 Å². The van der Waals surface area contributed by atoms with Gasteiger partial charge in [-0.25, -0.2) is 5.43 Å². The molecule has 1 N–H and O–H groups in total. The number of hydrogen-bond acceptors (Lipinski definition) is 3. The van der Waals surface area contributed by atoms with Gasteiger partial charge in [-0.15, -0.1) is 0 Å². The maximum Gasteiger partial charge on any atom is 0.271 e. The SMILES string of the molecule is COc1ccc(CC/C(C)=N\NC(=O)c2ccccc2C)cc1. The highest BCUT2D eigenvalue weighted by atomic mass is 16.5. The van der Waals surface area contributed by atoms with Gasteiger partial charge in [0, 0.05) is 11.3 Å². The van der Waals surface area contributed by atoms with E-state index in [-0.39, 0.29) is 5.91 Å². The molecule has 2 aromatic rings. The van der Waals surface area contributed by atoms with Crippen molar-refractivity contribution in [3.8, 4) is 5.75 Å². The lowest BCUT2D eigenvalue weighted by Gasteiger charge is -2.06. The molecule has 0 saturated heterocycles. The molecule has 2 rings (SSSR count). The van der Waals surface area contributed by atoms with Gasteiger partial charge in [0.15, 0.2) is 0 Å². The molecule has 23 heavy (non-hydrogen) atoms. The summed E-state index contributed by atoms with van der Waals surface area (Å²) in [6, 6.07) is 15.4. The predicted molar refractivity (Wildman–Crippen MR) is 93.1 cm³/mol. The van der Waals surface area contributed by atoms with Crippen molar-refractivity contribution < 1.29 is 9.53 Å². The van der Waals surface area contributed by atoms with Crippen molar-refractivity contribution in [2.24, 2.45) is 5.10 Å². The van der Waals surface area contributed by atoms with Gasteiger partial charge in [0.05, 0.1) is 7.11 Å². The topological polar surface area (TPSA) is 50.7 Å². The molecule has 1 amide bonds. The summed E-state index contributed by atoms with van der Waals surface area (Å²) in [5.41, 5.74) is 6.32. The van der Waals surface area contributed by atoms with Crippen LogP contribution >= 0.6 is 0 Å². The van der Waals surface area contributed by atoms with Crippen LogP contribution in [0.1, 0.15) is 34.8 Å². The van der Waals surface area contributed by atoms with E-state index in [0.717, 1.165) is 29.9 Å². The van der Waals surface area contributed by atoms with Gasteiger partial charge >= 0.3 is 0 Å². The van der Waals surface area contributed by atoms with E-state index in [2.05, 4.69) is 10.5 Å². The molecule has 2 aromatic carbocycles. The van der Waals surface area contributed by atoms with Crippen LogP contribution in [0.2, 0.25) is 0 Å². The Hall–Kier alpha value is -2.62. The number of hydrazone groups is 1. The Bertz CT molecular complexity index is 691. The van der Waals surface area contributed by atoms with E-state index >= 15 is 0 Å². The van der Waals surface area contributed by atoms with Crippen molar-refractivity contribution in [1.29, 1.82) is 0 Å². The highest BCUT2D eigenvalue weighted by Crippen LogP contribution is 2.12. The summed E-state index contributed by atoms with van der Waals surface area (Å²) in [6.45, 7) is 3.83. The van der Waals surface area contributed by atoms with E-state index in [1.54, 1.807) is 13.2 Å². The molecule has 0 fully saturated rings.